The molecule has 0 amide bonds. The van der Waals surface area contributed by atoms with Gasteiger partial charge in [0.15, 0.2) is 0 Å². The summed E-state index contributed by atoms with van der Waals surface area (Å²) >= 11 is 0. The Morgan fingerprint density at radius 1 is 1.23 bits per heavy atom. The molecule has 4 nitrogen and oxygen atoms in total. The molecule has 0 saturated heterocycles. The SMILES string of the molecule is CC(CCCC(=O)CCC1C(=O)CC[C@@H]2C(=O)C(C)C[C@@H]12)OC(C)(C)C. The van der Waals surface area contributed by atoms with Gasteiger partial charge in [-0.25, -0.2) is 0 Å². The molecule has 2 saturated carbocycles. The highest BCUT2D eigenvalue weighted by atomic mass is 16.5. The van der Waals surface area contributed by atoms with E-state index in [1.807, 2.05) is 27.7 Å². The molecule has 0 aromatic carbocycles. The Hall–Kier alpha value is -1.03. The molecule has 0 heterocycles. The highest BCUT2D eigenvalue weighted by Crippen LogP contribution is 2.46. The van der Waals surface area contributed by atoms with Crippen LogP contribution in [0.5, 0.6) is 0 Å². The van der Waals surface area contributed by atoms with Crippen molar-refractivity contribution in [1.82, 2.24) is 0 Å². The molecule has 0 aliphatic heterocycles. The van der Waals surface area contributed by atoms with E-state index in [0.717, 1.165) is 25.7 Å². The Morgan fingerprint density at radius 3 is 2.58 bits per heavy atom. The zero-order chi connectivity index (χ0) is 19.5. The highest BCUT2D eigenvalue weighted by molar-refractivity contribution is 5.91. The zero-order valence-corrected chi connectivity index (χ0v) is 17.2. The van der Waals surface area contributed by atoms with Crippen molar-refractivity contribution in [3.05, 3.63) is 0 Å². The quantitative estimate of drug-likeness (QED) is 0.635. The van der Waals surface area contributed by atoms with Crippen LogP contribution in [0.2, 0.25) is 0 Å². The summed E-state index contributed by atoms with van der Waals surface area (Å²) in [5.41, 5.74) is -0.156. The number of hydrogen-bond acceptors (Lipinski definition) is 4. The van der Waals surface area contributed by atoms with Gasteiger partial charge in [-0.05, 0) is 65.7 Å². The van der Waals surface area contributed by atoms with Crippen LogP contribution in [0.4, 0.5) is 0 Å². The minimum atomic E-state index is -0.156. The van der Waals surface area contributed by atoms with Gasteiger partial charge in [-0.2, -0.15) is 0 Å². The van der Waals surface area contributed by atoms with E-state index in [9.17, 15) is 14.4 Å². The lowest BCUT2D eigenvalue weighted by Crippen LogP contribution is -2.34. The number of ether oxygens (including phenoxy) is 1. The van der Waals surface area contributed by atoms with Crippen molar-refractivity contribution in [2.75, 3.05) is 0 Å². The van der Waals surface area contributed by atoms with E-state index in [2.05, 4.69) is 6.92 Å². The van der Waals surface area contributed by atoms with Crippen LogP contribution < -0.4 is 0 Å². The minimum absolute atomic E-state index is 0.0678. The monoisotopic (exact) mass is 364 g/mol. The maximum absolute atomic E-state index is 12.4. The third-order valence-corrected chi connectivity index (χ3v) is 5.98. The number of carbonyl (C=O) groups is 3. The molecular formula is C22H36O4. The number of carbonyl (C=O) groups excluding carboxylic acids is 3. The van der Waals surface area contributed by atoms with Gasteiger partial charge in [0.1, 0.15) is 17.3 Å². The summed E-state index contributed by atoms with van der Waals surface area (Å²) in [6, 6.07) is 0. The van der Waals surface area contributed by atoms with Crippen LogP contribution in [-0.2, 0) is 19.1 Å². The molecule has 0 spiro atoms. The Balaban J connectivity index is 1.74. The van der Waals surface area contributed by atoms with Crippen LogP contribution in [0.25, 0.3) is 0 Å². The fraction of sp³-hybridized carbons (Fsp3) is 0.864. The summed E-state index contributed by atoms with van der Waals surface area (Å²) < 4.78 is 5.87. The first-order chi connectivity index (χ1) is 12.1. The second kappa shape index (κ2) is 8.77. The predicted molar refractivity (Wildman–Crippen MR) is 102 cm³/mol. The largest absolute Gasteiger partial charge is 0.373 e. The standard InChI is InChI=1S/C22H36O4/c1-14-13-19-17(20(24)12-11-18(19)21(14)25)10-9-16(23)8-6-7-15(2)26-22(3,4)5/h14-15,17-19H,6-13H2,1-5H3/t14?,15?,17?,18-,19-/m0/s1. The molecule has 4 heteroatoms. The van der Waals surface area contributed by atoms with Crippen molar-refractivity contribution >= 4 is 17.3 Å². The number of fused-ring (bicyclic) bond motifs is 1. The second-order valence-corrected chi connectivity index (χ2v) is 9.43. The van der Waals surface area contributed by atoms with Gasteiger partial charge in [-0.3, -0.25) is 14.4 Å². The molecule has 2 rings (SSSR count). The minimum Gasteiger partial charge on any atom is -0.373 e. The smallest absolute Gasteiger partial charge is 0.139 e. The van der Waals surface area contributed by atoms with Gasteiger partial charge in [0.25, 0.3) is 0 Å². The molecule has 26 heavy (non-hydrogen) atoms. The van der Waals surface area contributed by atoms with Crippen LogP contribution >= 0.6 is 0 Å². The molecule has 3 unspecified atom stereocenters. The number of ketones is 3. The number of rotatable bonds is 8. The highest BCUT2D eigenvalue weighted by Gasteiger charge is 2.48. The summed E-state index contributed by atoms with van der Waals surface area (Å²) in [5, 5.41) is 0. The van der Waals surface area contributed by atoms with Crippen LogP contribution in [0.15, 0.2) is 0 Å². The average molecular weight is 365 g/mol. The van der Waals surface area contributed by atoms with E-state index in [1.54, 1.807) is 0 Å². The Kier molecular flexibility index (Phi) is 7.18. The molecule has 0 bridgehead atoms. The van der Waals surface area contributed by atoms with Crippen molar-refractivity contribution in [3.8, 4) is 0 Å². The van der Waals surface area contributed by atoms with Gasteiger partial charge in [-0.1, -0.05) is 6.92 Å². The van der Waals surface area contributed by atoms with Crippen LogP contribution in [0.3, 0.4) is 0 Å². The molecule has 2 aliphatic rings. The van der Waals surface area contributed by atoms with E-state index in [1.165, 1.54) is 0 Å². The Labute approximate surface area is 158 Å². The summed E-state index contributed by atoms with van der Waals surface area (Å²) in [6.07, 6.45) is 5.58. The van der Waals surface area contributed by atoms with E-state index >= 15 is 0 Å². The molecular weight excluding hydrogens is 328 g/mol. The predicted octanol–water partition coefficient (Wildman–Crippen LogP) is 4.53. The van der Waals surface area contributed by atoms with E-state index in [0.29, 0.717) is 31.5 Å². The van der Waals surface area contributed by atoms with Crippen molar-refractivity contribution in [2.24, 2.45) is 23.7 Å². The van der Waals surface area contributed by atoms with Gasteiger partial charge in [0.05, 0.1) is 11.7 Å². The second-order valence-electron chi connectivity index (χ2n) is 9.43. The normalized spacial score (nSPS) is 30.3. The number of Topliss-reactive ketones (excluding diaryl/α,β-unsaturated/α-hetero) is 3. The van der Waals surface area contributed by atoms with Crippen LogP contribution in [-0.4, -0.2) is 29.1 Å². The molecule has 0 radical (unpaired) electrons. The Morgan fingerprint density at radius 2 is 1.92 bits per heavy atom. The maximum atomic E-state index is 12.4. The lowest BCUT2D eigenvalue weighted by Gasteiger charge is -2.31. The Bertz CT molecular complexity index is 531. The van der Waals surface area contributed by atoms with Crippen molar-refractivity contribution < 1.29 is 19.1 Å². The summed E-state index contributed by atoms with van der Waals surface area (Å²) in [6.45, 7) is 10.1. The third kappa shape index (κ3) is 5.73. The van der Waals surface area contributed by atoms with Gasteiger partial charge >= 0.3 is 0 Å². The molecule has 5 atom stereocenters. The van der Waals surface area contributed by atoms with E-state index in [4.69, 9.17) is 4.74 Å². The molecule has 0 N–H and O–H groups in total. The average Bonchev–Trinajstić information content (AvgIpc) is 2.79. The van der Waals surface area contributed by atoms with Crippen molar-refractivity contribution in [3.63, 3.8) is 0 Å². The van der Waals surface area contributed by atoms with E-state index in [-0.39, 0.29) is 46.9 Å². The molecule has 2 aliphatic carbocycles. The lowest BCUT2D eigenvalue weighted by atomic mass is 9.71. The zero-order valence-electron chi connectivity index (χ0n) is 17.2. The fourth-order valence-electron chi connectivity index (χ4n) is 4.85. The molecule has 148 valence electrons. The van der Waals surface area contributed by atoms with Crippen LogP contribution in [0, 0.1) is 23.7 Å². The molecule has 2 fully saturated rings. The van der Waals surface area contributed by atoms with E-state index < -0.39 is 0 Å². The van der Waals surface area contributed by atoms with Crippen LogP contribution in [0.1, 0.15) is 86.0 Å². The number of hydrogen-bond donors (Lipinski definition) is 0. The van der Waals surface area contributed by atoms with Crippen molar-refractivity contribution in [2.45, 2.75) is 97.7 Å². The maximum Gasteiger partial charge on any atom is 0.139 e. The first-order valence-corrected chi connectivity index (χ1v) is 10.3. The summed E-state index contributed by atoms with van der Waals surface area (Å²) in [4.78, 5) is 36.9. The molecule has 0 aromatic rings. The van der Waals surface area contributed by atoms with Gasteiger partial charge in [-0.15, -0.1) is 0 Å². The van der Waals surface area contributed by atoms with Gasteiger partial charge in [0.2, 0.25) is 0 Å². The van der Waals surface area contributed by atoms with Gasteiger partial charge < -0.3 is 4.74 Å². The van der Waals surface area contributed by atoms with Crippen molar-refractivity contribution in [1.29, 1.82) is 0 Å². The van der Waals surface area contributed by atoms with Gasteiger partial charge in [0, 0.05) is 37.0 Å². The third-order valence-electron chi connectivity index (χ3n) is 5.98. The first kappa shape index (κ1) is 21.3. The lowest BCUT2D eigenvalue weighted by molar-refractivity contribution is -0.131. The first-order valence-electron chi connectivity index (χ1n) is 10.3. The fourth-order valence-corrected chi connectivity index (χ4v) is 4.85. The molecule has 0 aromatic heterocycles. The topological polar surface area (TPSA) is 60.4 Å². The summed E-state index contributed by atoms with van der Waals surface area (Å²) in [7, 11) is 0. The summed E-state index contributed by atoms with van der Waals surface area (Å²) in [5.74, 6) is 1.11.